The molecular weight excluding hydrogens is 392 g/mol. The summed E-state index contributed by atoms with van der Waals surface area (Å²) in [5.74, 6) is 1.21. The molecule has 3 saturated carbocycles. The molecule has 3 aliphatic rings. The number of benzene rings is 2. The summed E-state index contributed by atoms with van der Waals surface area (Å²) >= 11 is 0. The van der Waals surface area contributed by atoms with Crippen LogP contribution in [0.15, 0.2) is 54.6 Å². The van der Waals surface area contributed by atoms with Crippen molar-refractivity contribution in [2.75, 3.05) is 19.8 Å². The molecule has 5 heteroatoms. The van der Waals surface area contributed by atoms with Crippen molar-refractivity contribution < 1.29 is 24.5 Å². The average molecular weight is 423 g/mol. The van der Waals surface area contributed by atoms with E-state index in [1.54, 1.807) is 0 Å². The van der Waals surface area contributed by atoms with Gasteiger partial charge in [-0.3, -0.25) is 4.79 Å². The first-order valence-corrected chi connectivity index (χ1v) is 11.3. The summed E-state index contributed by atoms with van der Waals surface area (Å²) in [4.78, 5) is 11.1. The van der Waals surface area contributed by atoms with Gasteiger partial charge in [-0.2, -0.15) is 0 Å². The van der Waals surface area contributed by atoms with Gasteiger partial charge in [-0.25, -0.2) is 0 Å². The van der Waals surface area contributed by atoms with Gasteiger partial charge in [-0.1, -0.05) is 30.3 Å². The number of para-hydroxylation sites is 1. The van der Waals surface area contributed by atoms with Gasteiger partial charge in [-0.05, 0) is 79.2 Å². The molecule has 31 heavy (non-hydrogen) atoms. The van der Waals surface area contributed by atoms with Crippen LogP contribution in [0.3, 0.4) is 0 Å². The predicted molar refractivity (Wildman–Crippen MR) is 116 cm³/mol. The van der Waals surface area contributed by atoms with E-state index in [4.69, 9.17) is 14.6 Å². The summed E-state index contributed by atoms with van der Waals surface area (Å²) in [6.45, 7) is 1.12. The van der Waals surface area contributed by atoms with Crippen molar-refractivity contribution in [2.45, 2.75) is 37.5 Å². The number of hydrogen-bond acceptors (Lipinski definition) is 4. The predicted octanol–water partition coefficient (Wildman–Crippen LogP) is 4.64. The minimum absolute atomic E-state index is 0.0747. The molecule has 2 N–H and O–H groups in total. The standard InChI is InChI=1S/C26H30O5/c27-16-25(17-30-15-18-13-22(18)24(28)29)11-12-26(10-9-23(25)26)19-5-4-8-21(14-19)31-20-6-2-1-3-7-20/h1-8,14,18,22-23,27H,9-13,15-17H2,(H,28,29)/t18-,22+,23?,25?,26?/m1/s1. The third-order valence-electron chi connectivity index (χ3n) is 8.02. The Balaban J connectivity index is 1.28. The lowest BCUT2D eigenvalue weighted by molar-refractivity contribution is -0.139. The highest BCUT2D eigenvalue weighted by Gasteiger charge is 2.62. The lowest BCUT2D eigenvalue weighted by Gasteiger charge is -2.51. The molecule has 0 radical (unpaired) electrons. The van der Waals surface area contributed by atoms with Crippen LogP contribution >= 0.6 is 0 Å². The Morgan fingerprint density at radius 3 is 2.52 bits per heavy atom. The van der Waals surface area contributed by atoms with E-state index in [0.717, 1.165) is 37.2 Å². The second kappa shape index (κ2) is 7.95. The van der Waals surface area contributed by atoms with Crippen molar-refractivity contribution in [3.8, 4) is 11.5 Å². The molecular formula is C26H30O5. The zero-order chi connectivity index (χ0) is 21.5. The molecule has 2 aromatic rings. The fourth-order valence-electron chi connectivity index (χ4n) is 6.01. The first-order chi connectivity index (χ1) is 15.1. The average Bonchev–Trinajstić information content (AvgIpc) is 3.50. The van der Waals surface area contributed by atoms with Gasteiger partial charge in [0.1, 0.15) is 11.5 Å². The maximum Gasteiger partial charge on any atom is 0.306 e. The molecule has 0 spiro atoms. The summed E-state index contributed by atoms with van der Waals surface area (Å²) in [6, 6.07) is 18.2. The molecule has 164 valence electrons. The second-order valence-electron chi connectivity index (χ2n) is 9.67. The number of fused-ring (bicyclic) bond motifs is 1. The van der Waals surface area contributed by atoms with E-state index in [0.29, 0.717) is 25.6 Å². The van der Waals surface area contributed by atoms with Gasteiger partial charge in [0, 0.05) is 5.41 Å². The van der Waals surface area contributed by atoms with Crippen LogP contribution in [0.5, 0.6) is 11.5 Å². The second-order valence-corrected chi connectivity index (χ2v) is 9.67. The van der Waals surface area contributed by atoms with E-state index < -0.39 is 5.97 Å². The lowest BCUT2D eigenvalue weighted by Crippen LogP contribution is -2.49. The van der Waals surface area contributed by atoms with Crippen LogP contribution in [-0.2, 0) is 14.9 Å². The van der Waals surface area contributed by atoms with Crippen LogP contribution in [0, 0.1) is 23.2 Å². The van der Waals surface area contributed by atoms with Crippen molar-refractivity contribution >= 4 is 5.97 Å². The van der Waals surface area contributed by atoms with Crippen LogP contribution in [0.1, 0.15) is 37.7 Å². The highest BCUT2D eigenvalue weighted by atomic mass is 16.5. The van der Waals surface area contributed by atoms with Crippen LogP contribution in [-0.4, -0.2) is 36.0 Å². The molecule has 2 aromatic carbocycles. The van der Waals surface area contributed by atoms with Crippen molar-refractivity contribution in [1.29, 1.82) is 0 Å². The van der Waals surface area contributed by atoms with Crippen LogP contribution < -0.4 is 4.74 Å². The molecule has 5 nitrogen and oxygen atoms in total. The van der Waals surface area contributed by atoms with Crippen LogP contribution in [0.25, 0.3) is 0 Å². The number of aliphatic hydroxyl groups excluding tert-OH is 1. The van der Waals surface area contributed by atoms with E-state index in [1.165, 1.54) is 5.56 Å². The third kappa shape index (κ3) is 3.64. The number of carboxylic acids is 1. The van der Waals surface area contributed by atoms with Gasteiger partial charge < -0.3 is 19.7 Å². The quantitative estimate of drug-likeness (QED) is 0.616. The van der Waals surface area contributed by atoms with E-state index in [2.05, 4.69) is 18.2 Å². The Hall–Kier alpha value is -2.37. The highest BCUT2D eigenvalue weighted by Crippen LogP contribution is 2.66. The van der Waals surface area contributed by atoms with Gasteiger partial charge in [-0.15, -0.1) is 0 Å². The Morgan fingerprint density at radius 1 is 1.03 bits per heavy atom. The van der Waals surface area contributed by atoms with Gasteiger partial charge in [0.2, 0.25) is 0 Å². The highest BCUT2D eigenvalue weighted by molar-refractivity contribution is 5.73. The fraction of sp³-hybridized carbons (Fsp3) is 0.500. The molecule has 0 bridgehead atoms. The van der Waals surface area contributed by atoms with Gasteiger partial charge in [0.05, 0.1) is 25.7 Å². The molecule has 5 rings (SSSR count). The Morgan fingerprint density at radius 2 is 1.84 bits per heavy atom. The molecule has 0 heterocycles. The fourth-order valence-corrected chi connectivity index (χ4v) is 6.01. The molecule has 3 aliphatic carbocycles. The largest absolute Gasteiger partial charge is 0.481 e. The van der Waals surface area contributed by atoms with Gasteiger partial charge in [0.25, 0.3) is 0 Å². The molecule has 5 atom stereocenters. The van der Waals surface area contributed by atoms with Crippen molar-refractivity contribution in [3.63, 3.8) is 0 Å². The van der Waals surface area contributed by atoms with Crippen molar-refractivity contribution in [3.05, 3.63) is 60.2 Å². The number of aliphatic carboxylic acids is 1. The molecule has 0 saturated heterocycles. The summed E-state index contributed by atoms with van der Waals surface area (Å²) in [6.07, 6.45) is 4.90. The maximum atomic E-state index is 11.1. The zero-order valence-electron chi connectivity index (χ0n) is 17.7. The summed E-state index contributed by atoms with van der Waals surface area (Å²) in [7, 11) is 0. The molecule has 0 aliphatic heterocycles. The maximum absolute atomic E-state index is 11.1. The topological polar surface area (TPSA) is 76.0 Å². The molecule has 0 aromatic heterocycles. The lowest BCUT2D eigenvalue weighted by atomic mass is 9.53. The van der Waals surface area contributed by atoms with Crippen molar-refractivity contribution in [2.24, 2.45) is 23.2 Å². The number of hydrogen-bond donors (Lipinski definition) is 2. The number of aliphatic hydroxyl groups is 1. The minimum Gasteiger partial charge on any atom is -0.481 e. The van der Waals surface area contributed by atoms with Crippen LogP contribution in [0.4, 0.5) is 0 Å². The zero-order valence-corrected chi connectivity index (χ0v) is 17.7. The summed E-state index contributed by atoms with van der Waals surface area (Å²) in [5.41, 5.74) is 1.13. The van der Waals surface area contributed by atoms with Crippen LogP contribution in [0.2, 0.25) is 0 Å². The number of ether oxygens (including phenoxy) is 2. The summed E-state index contributed by atoms with van der Waals surface area (Å²) in [5, 5.41) is 19.5. The number of rotatable bonds is 9. The van der Waals surface area contributed by atoms with E-state index in [9.17, 15) is 9.90 Å². The smallest absolute Gasteiger partial charge is 0.306 e. The van der Waals surface area contributed by atoms with Crippen molar-refractivity contribution in [1.82, 2.24) is 0 Å². The normalized spacial score (nSPS) is 33.4. The Kier molecular flexibility index (Phi) is 5.27. The molecule has 3 unspecified atom stereocenters. The van der Waals surface area contributed by atoms with E-state index in [-0.39, 0.29) is 29.3 Å². The van der Waals surface area contributed by atoms with Gasteiger partial charge in [0.15, 0.2) is 0 Å². The minimum atomic E-state index is -0.720. The number of carbonyl (C=O) groups is 1. The Labute approximate surface area is 183 Å². The first-order valence-electron chi connectivity index (χ1n) is 11.3. The monoisotopic (exact) mass is 422 g/mol. The summed E-state index contributed by atoms with van der Waals surface area (Å²) < 4.78 is 12.1. The van der Waals surface area contributed by atoms with E-state index >= 15 is 0 Å². The SMILES string of the molecule is O=C(O)[C@H]1C[C@@H]1COCC1(CO)CCC2(c3cccc(Oc4ccccc4)c3)CCC12. The molecule has 3 fully saturated rings. The van der Waals surface area contributed by atoms with E-state index in [1.807, 2.05) is 36.4 Å². The molecule has 0 amide bonds. The number of carboxylic acid groups (broad SMARTS) is 1. The third-order valence-corrected chi connectivity index (χ3v) is 8.02. The first kappa shape index (κ1) is 20.5. The van der Waals surface area contributed by atoms with Gasteiger partial charge >= 0.3 is 5.97 Å². The Bertz CT molecular complexity index is 944.